The predicted octanol–water partition coefficient (Wildman–Crippen LogP) is 4.61. The number of phenols is 1. The molecule has 6 N–H and O–H groups in total. The lowest BCUT2D eigenvalue weighted by molar-refractivity contribution is -0.138. The summed E-state index contributed by atoms with van der Waals surface area (Å²) in [6.07, 6.45) is 8.73. The van der Waals surface area contributed by atoms with E-state index in [0.29, 0.717) is 79.0 Å². The van der Waals surface area contributed by atoms with Gasteiger partial charge in [-0.2, -0.15) is 0 Å². The molecular weight excluding hydrogens is 808 g/mol. The van der Waals surface area contributed by atoms with E-state index in [1.807, 2.05) is 29.2 Å². The van der Waals surface area contributed by atoms with Crippen LogP contribution in [-0.4, -0.2) is 111 Å². The number of rotatable bonds is 12. The summed E-state index contributed by atoms with van der Waals surface area (Å²) in [5.74, 6) is -0.513. The third-order valence-electron chi connectivity index (χ3n) is 11.1. The molecule has 4 amide bonds. The van der Waals surface area contributed by atoms with Gasteiger partial charge in [-0.25, -0.2) is 9.59 Å². The number of carbonyl (C=O) groups excluding carboxylic acids is 3. The molecule has 0 radical (unpaired) electrons. The van der Waals surface area contributed by atoms with Crippen LogP contribution in [-0.2, 0) is 16.0 Å². The molecule has 4 heterocycles. The lowest BCUT2D eigenvalue weighted by atomic mass is 9.98. The number of halogens is 2. The molecule has 6 rings (SSSR count). The molecule has 0 saturated carbocycles. The minimum atomic E-state index is -1.01. The number of amides is 4. The van der Waals surface area contributed by atoms with Crippen LogP contribution >= 0.6 is 31.9 Å². The Morgan fingerprint density at radius 1 is 0.849 bits per heavy atom. The van der Waals surface area contributed by atoms with Gasteiger partial charge in [-0.1, -0.05) is 18.6 Å². The van der Waals surface area contributed by atoms with E-state index in [0.717, 1.165) is 43.4 Å². The Bertz CT molecular complexity index is 1770. The third kappa shape index (κ3) is 9.65. The average molecular weight is 861 g/mol. The summed E-state index contributed by atoms with van der Waals surface area (Å²) in [6, 6.07) is 9.29. The molecule has 13 nitrogen and oxygen atoms in total. The zero-order valence-electron chi connectivity index (χ0n) is 30.2. The number of imidazole rings is 1. The van der Waals surface area contributed by atoms with Gasteiger partial charge in [0, 0.05) is 44.7 Å². The molecular formula is C38H52Br2N8O5. The Hall–Kier alpha value is -3.40. The first-order chi connectivity index (χ1) is 25.6. The van der Waals surface area contributed by atoms with E-state index >= 15 is 0 Å². The van der Waals surface area contributed by atoms with Crippen LogP contribution in [0, 0.1) is 0 Å². The first-order valence-electron chi connectivity index (χ1n) is 19.1. The molecule has 0 bridgehead atoms. The number of phenolic OH excluding ortho intramolecular Hbond substituents is 1. The number of fused-ring (bicyclic) bond motifs is 1. The highest BCUT2D eigenvalue weighted by Crippen LogP contribution is 2.34. The van der Waals surface area contributed by atoms with E-state index in [2.05, 4.69) is 52.4 Å². The van der Waals surface area contributed by atoms with Crippen molar-refractivity contribution in [2.45, 2.75) is 94.8 Å². The maximum absolute atomic E-state index is 14.2. The largest absolute Gasteiger partial charge is 0.506 e. The first kappa shape index (κ1) is 39.3. The molecule has 0 spiro atoms. The van der Waals surface area contributed by atoms with E-state index in [9.17, 15) is 24.3 Å². The number of H-pyrrole nitrogens is 1. The van der Waals surface area contributed by atoms with Gasteiger partial charge in [0.2, 0.25) is 11.8 Å². The number of aromatic hydroxyl groups is 1. The highest BCUT2D eigenvalue weighted by atomic mass is 79.9. The zero-order valence-corrected chi connectivity index (χ0v) is 33.4. The number of likely N-dealkylation sites (tertiary alicyclic amines) is 3. The smallest absolute Gasteiger partial charge is 0.326 e. The topological polar surface area (TPSA) is 169 Å². The molecule has 3 aromatic rings. The Kier molecular flexibility index (Phi) is 13.6. The van der Waals surface area contributed by atoms with Crippen LogP contribution in [0.1, 0.15) is 75.8 Å². The van der Waals surface area contributed by atoms with Crippen molar-refractivity contribution >= 4 is 60.7 Å². The standard InChI is InChI=1S/C38H52Br2N8O5/c39-28-22-25(23-29(40)34(28)49)24-32(44-37(52)47-20-13-27(14-21-47)48-33-10-3-2-8-30(33)43-38(48)53)35(50)42-31(9-4-5-15-41)36(51)46-18-11-26(12-19-46)45-16-6-1-7-17-45/h2-3,8,10,22-23,26-27,31-32,49H,1,4-7,9,11-21,24,41H2,(H,42,50)(H,43,53)(H,44,52)/t31-,32+/m0/s1. The number of aromatic nitrogens is 2. The number of urea groups is 1. The van der Waals surface area contributed by atoms with Gasteiger partial charge in [0.25, 0.3) is 0 Å². The quantitative estimate of drug-likeness (QED) is 0.166. The average Bonchev–Trinajstić information content (AvgIpc) is 3.52. The number of nitrogens with one attached hydrogen (secondary N) is 3. The number of unbranched alkanes of at least 4 members (excludes halogenated alkanes) is 1. The van der Waals surface area contributed by atoms with Crippen molar-refractivity contribution in [3.63, 3.8) is 0 Å². The molecule has 53 heavy (non-hydrogen) atoms. The van der Waals surface area contributed by atoms with Crippen LogP contribution in [0.4, 0.5) is 4.79 Å². The van der Waals surface area contributed by atoms with Gasteiger partial charge < -0.3 is 41.2 Å². The van der Waals surface area contributed by atoms with Crippen molar-refractivity contribution in [3.8, 4) is 5.75 Å². The highest BCUT2D eigenvalue weighted by Gasteiger charge is 2.34. The first-order valence-corrected chi connectivity index (χ1v) is 20.7. The van der Waals surface area contributed by atoms with E-state index < -0.39 is 24.0 Å². The van der Waals surface area contributed by atoms with E-state index in [-0.39, 0.29) is 29.8 Å². The summed E-state index contributed by atoms with van der Waals surface area (Å²) in [4.78, 5) is 63.9. The zero-order chi connectivity index (χ0) is 37.5. The molecule has 3 fully saturated rings. The van der Waals surface area contributed by atoms with E-state index in [4.69, 9.17) is 5.73 Å². The molecule has 1 aromatic heterocycles. The number of nitrogens with two attached hydrogens (primary N) is 1. The lowest BCUT2D eigenvalue weighted by Crippen LogP contribution is -2.58. The molecule has 3 aliphatic heterocycles. The van der Waals surface area contributed by atoms with Gasteiger partial charge in [0.15, 0.2) is 0 Å². The maximum atomic E-state index is 14.2. The Balaban J connectivity index is 1.14. The van der Waals surface area contributed by atoms with Crippen LogP contribution < -0.4 is 22.1 Å². The van der Waals surface area contributed by atoms with E-state index in [1.54, 1.807) is 21.6 Å². The van der Waals surface area contributed by atoms with Gasteiger partial charge in [-0.05, 0) is 139 Å². The van der Waals surface area contributed by atoms with Gasteiger partial charge in [0.05, 0.1) is 20.0 Å². The summed E-state index contributed by atoms with van der Waals surface area (Å²) in [5, 5.41) is 16.3. The molecule has 3 saturated heterocycles. The second-order valence-electron chi connectivity index (χ2n) is 14.6. The Morgan fingerprint density at radius 2 is 1.49 bits per heavy atom. The van der Waals surface area contributed by atoms with E-state index in [1.165, 1.54) is 19.3 Å². The second kappa shape index (κ2) is 18.3. The summed E-state index contributed by atoms with van der Waals surface area (Å²) in [7, 11) is 0. The lowest BCUT2D eigenvalue weighted by Gasteiger charge is -2.41. The Morgan fingerprint density at radius 3 is 2.17 bits per heavy atom. The number of para-hydroxylation sites is 2. The van der Waals surface area contributed by atoms with Crippen LogP contribution in [0.5, 0.6) is 5.75 Å². The summed E-state index contributed by atoms with van der Waals surface area (Å²) < 4.78 is 2.67. The predicted molar refractivity (Wildman–Crippen MR) is 212 cm³/mol. The van der Waals surface area contributed by atoms with Crippen molar-refractivity contribution in [1.29, 1.82) is 0 Å². The second-order valence-corrected chi connectivity index (χ2v) is 16.4. The fraction of sp³-hybridized carbons (Fsp3) is 0.579. The third-order valence-corrected chi connectivity index (χ3v) is 12.3. The number of aromatic amines is 1. The van der Waals surface area contributed by atoms with Gasteiger partial charge >= 0.3 is 11.7 Å². The summed E-state index contributed by atoms with van der Waals surface area (Å²) >= 11 is 6.76. The molecule has 0 unspecified atom stereocenters. The minimum absolute atomic E-state index is 0.0330. The normalized spacial score (nSPS) is 18.9. The van der Waals surface area contributed by atoms with Crippen LogP contribution in [0.3, 0.4) is 0 Å². The monoisotopic (exact) mass is 858 g/mol. The number of hydrogen-bond donors (Lipinski definition) is 5. The highest BCUT2D eigenvalue weighted by molar-refractivity contribution is 9.11. The number of hydrogen-bond acceptors (Lipinski definition) is 7. The molecule has 3 aliphatic rings. The molecule has 0 aliphatic carbocycles. The van der Waals surface area contributed by atoms with Crippen LogP contribution in [0.2, 0.25) is 0 Å². The summed E-state index contributed by atoms with van der Waals surface area (Å²) in [5.41, 5.74) is 7.95. The number of nitrogens with zero attached hydrogens (tertiary/aromatic N) is 4. The maximum Gasteiger partial charge on any atom is 0.326 e. The van der Waals surface area contributed by atoms with Crippen molar-refractivity contribution in [2.75, 3.05) is 45.8 Å². The van der Waals surface area contributed by atoms with Crippen LogP contribution in [0.15, 0.2) is 50.1 Å². The number of piperidine rings is 3. The number of carbonyl (C=O) groups is 3. The van der Waals surface area contributed by atoms with Crippen LogP contribution in [0.25, 0.3) is 11.0 Å². The molecule has 2 atom stereocenters. The van der Waals surface area contributed by atoms with Crippen molar-refractivity contribution in [1.82, 2.24) is 34.9 Å². The number of benzene rings is 2. The minimum Gasteiger partial charge on any atom is -0.506 e. The fourth-order valence-electron chi connectivity index (χ4n) is 8.16. The SMILES string of the molecule is NCCCC[C@H](NC(=O)[C@@H](Cc1cc(Br)c(O)c(Br)c1)NC(=O)N1CCC(n2c(=O)[nH]c3ccccc32)CC1)C(=O)N1CCC(N2CCCCC2)CC1. The van der Waals surface area contributed by atoms with Gasteiger partial charge in [-0.15, -0.1) is 0 Å². The Labute approximate surface area is 327 Å². The van der Waals surface area contributed by atoms with Gasteiger partial charge in [0.1, 0.15) is 17.8 Å². The van der Waals surface area contributed by atoms with Crippen molar-refractivity contribution in [2.24, 2.45) is 5.73 Å². The fourth-order valence-corrected chi connectivity index (χ4v) is 9.44. The molecule has 15 heteroatoms. The molecule has 288 valence electrons. The molecule has 2 aromatic carbocycles. The summed E-state index contributed by atoms with van der Waals surface area (Å²) in [6.45, 7) is 4.85. The van der Waals surface area contributed by atoms with Gasteiger partial charge in [-0.3, -0.25) is 14.2 Å². The van der Waals surface area contributed by atoms with Crippen molar-refractivity contribution in [3.05, 3.63) is 61.4 Å². The van der Waals surface area contributed by atoms with Crippen molar-refractivity contribution < 1.29 is 19.5 Å².